The monoisotopic (exact) mass is 210 g/mol. The molecule has 1 saturated heterocycles. The number of carbonyl (C=O) groups is 1. The number of rotatable bonds is 4. The third kappa shape index (κ3) is 3.67. The van der Waals surface area contributed by atoms with Gasteiger partial charge in [0.15, 0.2) is 0 Å². The lowest BCUT2D eigenvalue weighted by Gasteiger charge is -2.33. The molecule has 0 aromatic heterocycles. The molecule has 0 aromatic carbocycles. The van der Waals surface area contributed by atoms with E-state index in [2.05, 4.69) is 30.6 Å². The first kappa shape index (κ1) is 12.2. The molecule has 1 aliphatic rings. The summed E-state index contributed by atoms with van der Waals surface area (Å²) in [5, 5.41) is 2.87. The van der Waals surface area contributed by atoms with Gasteiger partial charge in [0, 0.05) is 18.5 Å². The molecule has 3 nitrogen and oxygen atoms in total. The number of nitrogens with zero attached hydrogens (tertiary/aromatic N) is 1. The van der Waals surface area contributed by atoms with E-state index < -0.39 is 0 Å². The van der Waals surface area contributed by atoms with Crippen molar-refractivity contribution >= 4 is 5.91 Å². The predicted octanol–water partition coefficient (Wildman–Crippen LogP) is 1.41. The molecule has 0 aromatic rings. The fourth-order valence-corrected chi connectivity index (χ4v) is 2.00. The summed E-state index contributed by atoms with van der Waals surface area (Å²) in [6, 6.07) is 0.599. The number of piperidine rings is 1. The summed E-state index contributed by atoms with van der Waals surface area (Å²) in [7, 11) is 0. The van der Waals surface area contributed by atoms with Crippen LogP contribution in [0, 0.1) is 5.92 Å². The predicted molar refractivity (Wildman–Crippen MR) is 62.6 cm³/mol. The van der Waals surface area contributed by atoms with Gasteiger partial charge in [-0.2, -0.15) is 0 Å². The molecule has 1 fully saturated rings. The average Bonchev–Trinajstić information content (AvgIpc) is 2.26. The van der Waals surface area contributed by atoms with E-state index in [-0.39, 0.29) is 11.8 Å². The van der Waals surface area contributed by atoms with Crippen molar-refractivity contribution in [2.45, 2.75) is 32.7 Å². The lowest BCUT2D eigenvalue weighted by molar-refractivity contribution is -0.126. The lowest BCUT2D eigenvalue weighted by atomic mass is 9.95. The maximum Gasteiger partial charge on any atom is 0.223 e. The molecule has 15 heavy (non-hydrogen) atoms. The Kier molecular flexibility index (Phi) is 4.82. The van der Waals surface area contributed by atoms with Crippen molar-refractivity contribution in [1.29, 1.82) is 0 Å². The molecule has 1 N–H and O–H groups in total. The van der Waals surface area contributed by atoms with Crippen LogP contribution in [0.3, 0.4) is 0 Å². The lowest BCUT2D eigenvalue weighted by Crippen LogP contribution is -2.43. The highest BCUT2D eigenvalue weighted by Crippen LogP contribution is 2.18. The van der Waals surface area contributed by atoms with Crippen molar-refractivity contribution in [3.05, 3.63) is 12.7 Å². The smallest absolute Gasteiger partial charge is 0.223 e. The molecule has 1 rings (SSSR count). The molecule has 3 heteroatoms. The van der Waals surface area contributed by atoms with E-state index in [0.29, 0.717) is 12.6 Å². The van der Waals surface area contributed by atoms with Gasteiger partial charge in [-0.3, -0.25) is 4.79 Å². The second-order valence-corrected chi connectivity index (χ2v) is 4.44. The molecule has 1 heterocycles. The summed E-state index contributed by atoms with van der Waals surface area (Å²) in [5.41, 5.74) is 0. The Bertz CT molecular complexity index is 218. The summed E-state index contributed by atoms with van der Waals surface area (Å²) in [5.74, 6) is 0.401. The van der Waals surface area contributed by atoms with Crippen molar-refractivity contribution in [2.75, 3.05) is 19.6 Å². The Morgan fingerprint density at radius 2 is 2.13 bits per heavy atom. The first-order valence-corrected chi connectivity index (χ1v) is 5.77. The van der Waals surface area contributed by atoms with E-state index in [1.54, 1.807) is 6.08 Å². The fourth-order valence-electron chi connectivity index (χ4n) is 2.00. The highest BCUT2D eigenvalue weighted by molar-refractivity contribution is 5.78. The molecule has 0 saturated carbocycles. The second kappa shape index (κ2) is 5.91. The average molecular weight is 210 g/mol. The van der Waals surface area contributed by atoms with Crippen LogP contribution in [0.4, 0.5) is 0 Å². The van der Waals surface area contributed by atoms with Crippen LogP contribution in [-0.2, 0) is 4.79 Å². The Morgan fingerprint density at radius 3 is 2.60 bits per heavy atom. The molecular weight excluding hydrogens is 188 g/mol. The summed E-state index contributed by atoms with van der Waals surface area (Å²) in [6.07, 6.45) is 3.70. The van der Waals surface area contributed by atoms with Crippen LogP contribution in [0.15, 0.2) is 12.7 Å². The number of amides is 1. The fraction of sp³-hybridized carbons (Fsp3) is 0.750. The van der Waals surface area contributed by atoms with Crippen LogP contribution in [0.25, 0.3) is 0 Å². The van der Waals surface area contributed by atoms with Gasteiger partial charge in [0.25, 0.3) is 0 Å². The van der Waals surface area contributed by atoms with Crippen LogP contribution < -0.4 is 5.32 Å². The van der Waals surface area contributed by atoms with Crippen molar-refractivity contribution in [3.63, 3.8) is 0 Å². The van der Waals surface area contributed by atoms with Crippen molar-refractivity contribution in [1.82, 2.24) is 10.2 Å². The van der Waals surface area contributed by atoms with E-state index in [4.69, 9.17) is 0 Å². The Labute approximate surface area is 92.5 Å². The Morgan fingerprint density at radius 1 is 1.53 bits per heavy atom. The van der Waals surface area contributed by atoms with E-state index >= 15 is 0 Å². The highest BCUT2D eigenvalue weighted by Gasteiger charge is 2.25. The number of hydrogen-bond acceptors (Lipinski definition) is 2. The molecule has 1 aliphatic heterocycles. The third-order valence-electron chi connectivity index (χ3n) is 3.05. The number of carbonyl (C=O) groups excluding carboxylic acids is 1. The minimum Gasteiger partial charge on any atom is -0.352 e. The third-order valence-corrected chi connectivity index (χ3v) is 3.05. The van der Waals surface area contributed by atoms with Crippen LogP contribution in [0.5, 0.6) is 0 Å². The molecule has 0 unspecified atom stereocenters. The molecule has 0 aliphatic carbocycles. The molecule has 86 valence electrons. The summed E-state index contributed by atoms with van der Waals surface area (Å²) < 4.78 is 0. The van der Waals surface area contributed by atoms with Gasteiger partial charge in [-0.05, 0) is 39.8 Å². The minimum absolute atomic E-state index is 0.193. The molecule has 0 spiro atoms. The van der Waals surface area contributed by atoms with Crippen LogP contribution in [0.1, 0.15) is 26.7 Å². The van der Waals surface area contributed by atoms with Gasteiger partial charge in [0.1, 0.15) is 0 Å². The van der Waals surface area contributed by atoms with Gasteiger partial charge in [-0.1, -0.05) is 6.08 Å². The topological polar surface area (TPSA) is 32.3 Å². The van der Waals surface area contributed by atoms with Crippen molar-refractivity contribution in [3.8, 4) is 0 Å². The molecule has 0 radical (unpaired) electrons. The van der Waals surface area contributed by atoms with Gasteiger partial charge in [-0.15, -0.1) is 6.58 Å². The quantitative estimate of drug-likeness (QED) is 0.712. The maximum atomic E-state index is 11.7. The second-order valence-electron chi connectivity index (χ2n) is 4.44. The SMILES string of the molecule is C=CCNC(=O)C1CCN(C(C)C)CC1. The zero-order valence-electron chi connectivity index (χ0n) is 9.83. The van der Waals surface area contributed by atoms with Gasteiger partial charge < -0.3 is 10.2 Å². The van der Waals surface area contributed by atoms with Crippen molar-refractivity contribution in [2.24, 2.45) is 5.92 Å². The van der Waals surface area contributed by atoms with Gasteiger partial charge in [0.05, 0.1) is 0 Å². The summed E-state index contributed by atoms with van der Waals surface area (Å²) in [4.78, 5) is 14.1. The zero-order valence-corrected chi connectivity index (χ0v) is 9.83. The minimum atomic E-state index is 0.193. The zero-order chi connectivity index (χ0) is 11.3. The molecular formula is C12H22N2O. The van der Waals surface area contributed by atoms with E-state index in [0.717, 1.165) is 25.9 Å². The van der Waals surface area contributed by atoms with E-state index in [9.17, 15) is 4.79 Å². The maximum absolute atomic E-state index is 11.7. The number of hydrogen-bond donors (Lipinski definition) is 1. The largest absolute Gasteiger partial charge is 0.352 e. The standard InChI is InChI=1S/C12H22N2O/c1-4-7-13-12(15)11-5-8-14(9-6-11)10(2)3/h4,10-11H,1,5-9H2,2-3H3,(H,13,15). The van der Waals surface area contributed by atoms with Crippen LogP contribution in [0.2, 0.25) is 0 Å². The van der Waals surface area contributed by atoms with Gasteiger partial charge in [-0.25, -0.2) is 0 Å². The van der Waals surface area contributed by atoms with E-state index in [1.165, 1.54) is 0 Å². The van der Waals surface area contributed by atoms with Crippen LogP contribution >= 0.6 is 0 Å². The molecule has 1 amide bonds. The first-order chi connectivity index (χ1) is 7.15. The highest BCUT2D eigenvalue weighted by atomic mass is 16.1. The van der Waals surface area contributed by atoms with Gasteiger partial charge >= 0.3 is 0 Å². The van der Waals surface area contributed by atoms with Crippen molar-refractivity contribution < 1.29 is 4.79 Å². The van der Waals surface area contributed by atoms with Gasteiger partial charge in [0.2, 0.25) is 5.91 Å². The first-order valence-electron chi connectivity index (χ1n) is 5.77. The van der Waals surface area contributed by atoms with Crippen LogP contribution in [-0.4, -0.2) is 36.5 Å². The molecule has 0 bridgehead atoms. The Hall–Kier alpha value is -0.830. The number of likely N-dealkylation sites (tertiary alicyclic amines) is 1. The summed E-state index contributed by atoms with van der Waals surface area (Å²) >= 11 is 0. The Balaban J connectivity index is 2.30. The molecule has 0 atom stereocenters. The summed E-state index contributed by atoms with van der Waals surface area (Å²) in [6.45, 7) is 10.7. The number of nitrogens with one attached hydrogen (secondary N) is 1. The normalized spacial score (nSPS) is 19.1. The van der Waals surface area contributed by atoms with E-state index in [1.807, 2.05) is 0 Å².